The Hall–Kier alpha value is -0.130. The number of rotatable bonds is 6. The Labute approximate surface area is 81.2 Å². The molecule has 0 fully saturated rings. The highest BCUT2D eigenvalue weighted by Crippen LogP contribution is 2.08. The summed E-state index contributed by atoms with van der Waals surface area (Å²) in [6, 6.07) is 0. The van der Waals surface area contributed by atoms with Crippen molar-refractivity contribution in [2.45, 2.75) is 32.4 Å². The van der Waals surface area contributed by atoms with E-state index in [9.17, 15) is 8.42 Å². The Morgan fingerprint density at radius 1 is 1.38 bits per heavy atom. The highest BCUT2D eigenvalue weighted by Gasteiger charge is 2.23. The molecule has 0 aliphatic heterocycles. The van der Waals surface area contributed by atoms with Gasteiger partial charge in [-0.1, -0.05) is 6.92 Å². The zero-order valence-electron chi connectivity index (χ0n) is 8.66. The maximum Gasteiger partial charge on any atom is 0.216 e. The molecule has 0 saturated heterocycles. The molecule has 0 amide bonds. The van der Waals surface area contributed by atoms with Crippen LogP contribution in [0.25, 0.3) is 0 Å². The van der Waals surface area contributed by atoms with E-state index in [1.165, 1.54) is 4.31 Å². The topological polar surface area (TPSA) is 63.4 Å². The van der Waals surface area contributed by atoms with Crippen LogP contribution in [0.1, 0.15) is 27.2 Å². The van der Waals surface area contributed by atoms with E-state index >= 15 is 0 Å². The average Bonchev–Trinajstić information content (AvgIpc) is 2.05. The van der Waals surface area contributed by atoms with E-state index in [0.717, 1.165) is 6.42 Å². The maximum absolute atomic E-state index is 11.7. The number of sulfonamides is 1. The molecular weight excluding hydrogens is 188 g/mol. The molecule has 0 bridgehead atoms. The van der Waals surface area contributed by atoms with Gasteiger partial charge in [-0.15, -0.1) is 0 Å². The third-order valence-corrected chi connectivity index (χ3v) is 4.27. The summed E-state index contributed by atoms with van der Waals surface area (Å²) in [4.78, 5) is 0. The van der Waals surface area contributed by atoms with Crippen molar-refractivity contribution in [1.29, 1.82) is 0 Å². The standard InChI is InChI=1S/C8H20N2O2S/c1-4-10(7-5-6-9)13(11,12)8(2)3/h8H,4-7,9H2,1-3H3. The van der Waals surface area contributed by atoms with Gasteiger partial charge in [0.15, 0.2) is 0 Å². The molecular formula is C8H20N2O2S. The predicted octanol–water partition coefficient (Wildman–Crippen LogP) is 0.395. The Balaban J connectivity index is 4.39. The lowest BCUT2D eigenvalue weighted by Gasteiger charge is -2.22. The molecule has 0 atom stereocenters. The van der Waals surface area contributed by atoms with Gasteiger partial charge in [-0.05, 0) is 26.8 Å². The van der Waals surface area contributed by atoms with Crippen molar-refractivity contribution in [2.75, 3.05) is 19.6 Å². The zero-order chi connectivity index (χ0) is 10.5. The fraction of sp³-hybridized carbons (Fsp3) is 1.00. The third kappa shape index (κ3) is 3.62. The van der Waals surface area contributed by atoms with Gasteiger partial charge < -0.3 is 5.73 Å². The van der Waals surface area contributed by atoms with Crippen molar-refractivity contribution in [3.8, 4) is 0 Å². The van der Waals surface area contributed by atoms with Crippen molar-refractivity contribution in [3.05, 3.63) is 0 Å². The highest BCUT2D eigenvalue weighted by atomic mass is 32.2. The van der Waals surface area contributed by atoms with E-state index in [4.69, 9.17) is 5.73 Å². The Bertz CT molecular complexity index is 224. The summed E-state index contributed by atoms with van der Waals surface area (Å²) in [5, 5.41) is -0.342. The molecule has 0 saturated carbocycles. The molecule has 0 aromatic rings. The van der Waals surface area contributed by atoms with Gasteiger partial charge in [0.1, 0.15) is 0 Å². The summed E-state index contributed by atoms with van der Waals surface area (Å²) >= 11 is 0. The van der Waals surface area contributed by atoms with E-state index in [1.807, 2.05) is 6.92 Å². The summed E-state index contributed by atoms with van der Waals surface area (Å²) in [6.45, 7) is 6.83. The van der Waals surface area contributed by atoms with Crippen molar-refractivity contribution in [1.82, 2.24) is 4.31 Å². The summed E-state index contributed by atoms with van der Waals surface area (Å²) in [5.74, 6) is 0. The fourth-order valence-electron chi connectivity index (χ4n) is 1.03. The van der Waals surface area contributed by atoms with Gasteiger partial charge in [0.05, 0.1) is 5.25 Å². The number of hydrogen-bond acceptors (Lipinski definition) is 3. The van der Waals surface area contributed by atoms with E-state index in [-0.39, 0.29) is 5.25 Å². The summed E-state index contributed by atoms with van der Waals surface area (Å²) in [6.07, 6.45) is 0.722. The Kier molecular flexibility index (Phi) is 5.51. The SMILES string of the molecule is CCN(CCCN)S(=O)(=O)C(C)C. The van der Waals surface area contributed by atoms with Crippen LogP contribution in [0.3, 0.4) is 0 Å². The molecule has 0 heterocycles. The quantitative estimate of drug-likeness (QED) is 0.687. The second-order valence-electron chi connectivity index (χ2n) is 3.23. The van der Waals surface area contributed by atoms with Gasteiger partial charge in [-0.25, -0.2) is 12.7 Å². The molecule has 0 radical (unpaired) electrons. The third-order valence-electron chi connectivity index (χ3n) is 1.92. The second kappa shape index (κ2) is 5.57. The largest absolute Gasteiger partial charge is 0.330 e. The van der Waals surface area contributed by atoms with Crippen LogP contribution in [0.2, 0.25) is 0 Å². The molecule has 2 N–H and O–H groups in total. The molecule has 4 nitrogen and oxygen atoms in total. The van der Waals surface area contributed by atoms with E-state index in [0.29, 0.717) is 19.6 Å². The maximum atomic E-state index is 11.7. The normalized spacial score (nSPS) is 12.8. The summed E-state index contributed by atoms with van der Waals surface area (Å²) < 4.78 is 24.8. The van der Waals surface area contributed by atoms with Gasteiger partial charge in [0.2, 0.25) is 10.0 Å². The van der Waals surface area contributed by atoms with Crippen LogP contribution in [0.4, 0.5) is 0 Å². The minimum Gasteiger partial charge on any atom is -0.330 e. The van der Waals surface area contributed by atoms with Crippen molar-refractivity contribution < 1.29 is 8.42 Å². The van der Waals surface area contributed by atoms with E-state index in [2.05, 4.69) is 0 Å². The molecule has 80 valence electrons. The average molecular weight is 208 g/mol. The first-order valence-electron chi connectivity index (χ1n) is 4.65. The van der Waals surface area contributed by atoms with Crippen LogP contribution >= 0.6 is 0 Å². The first-order chi connectivity index (χ1) is 5.96. The minimum atomic E-state index is -3.08. The Morgan fingerprint density at radius 2 is 1.92 bits per heavy atom. The van der Waals surface area contributed by atoms with Gasteiger partial charge in [-0.3, -0.25) is 0 Å². The molecule has 0 rings (SSSR count). The zero-order valence-corrected chi connectivity index (χ0v) is 9.47. The molecule has 0 aliphatic rings. The van der Waals surface area contributed by atoms with Crippen molar-refractivity contribution in [2.24, 2.45) is 5.73 Å². The van der Waals surface area contributed by atoms with Crippen molar-refractivity contribution in [3.63, 3.8) is 0 Å². The Morgan fingerprint density at radius 3 is 2.23 bits per heavy atom. The van der Waals surface area contributed by atoms with Crippen LogP contribution in [0.5, 0.6) is 0 Å². The number of nitrogens with two attached hydrogens (primary N) is 1. The molecule has 13 heavy (non-hydrogen) atoms. The van der Waals surface area contributed by atoms with Gasteiger partial charge in [0.25, 0.3) is 0 Å². The lowest BCUT2D eigenvalue weighted by molar-refractivity contribution is 0.417. The molecule has 0 unspecified atom stereocenters. The first kappa shape index (κ1) is 12.9. The van der Waals surface area contributed by atoms with E-state index in [1.54, 1.807) is 13.8 Å². The molecule has 0 aromatic heterocycles. The predicted molar refractivity (Wildman–Crippen MR) is 55.0 cm³/mol. The van der Waals surface area contributed by atoms with Crippen LogP contribution in [0, 0.1) is 0 Å². The molecule has 0 spiro atoms. The van der Waals surface area contributed by atoms with Gasteiger partial charge in [0, 0.05) is 13.1 Å². The lowest BCUT2D eigenvalue weighted by Crippen LogP contribution is -2.37. The van der Waals surface area contributed by atoms with Crippen LogP contribution in [0.15, 0.2) is 0 Å². The lowest BCUT2D eigenvalue weighted by atomic mass is 10.4. The fourth-order valence-corrected chi connectivity index (χ4v) is 2.37. The molecule has 5 heteroatoms. The second-order valence-corrected chi connectivity index (χ2v) is 5.72. The van der Waals surface area contributed by atoms with Crippen LogP contribution in [-0.2, 0) is 10.0 Å². The van der Waals surface area contributed by atoms with Crippen LogP contribution < -0.4 is 5.73 Å². The monoisotopic (exact) mass is 208 g/mol. The molecule has 0 aromatic carbocycles. The summed E-state index contributed by atoms with van der Waals surface area (Å²) in [7, 11) is -3.08. The summed E-state index contributed by atoms with van der Waals surface area (Å²) in [5.41, 5.74) is 5.33. The van der Waals surface area contributed by atoms with Gasteiger partial charge >= 0.3 is 0 Å². The van der Waals surface area contributed by atoms with E-state index < -0.39 is 10.0 Å². The van der Waals surface area contributed by atoms with Crippen LogP contribution in [-0.4, -0.2) is 37.6 Å². The molecule has 0 aliphatic carbocycles. The number of nitrogens with zero attached hydrogens (tertiary/aromatic N) is 1. The smallest absolute Gasteiger partial charge is 0.216 e. The highest BCUT2D eigenvalue weighted by molar-refractivity contribution is 7.89. The number of hydrogen-bond donors (Lipinski definition) is 1. The van der Waals surface area contributed by atoms with Crippen molar-refractivity contribution >= 4 is 10.0 Å². The first-order valence-corrected chi connectivity index (χ1v) is 6.16. The minimum absolute atomic E-state index is 0.342. The van der Waals surface area contributed by atoms with Gasteiger partial charge in [-0.2, -0.15) is 0 Å².